The first-order valence-electron chi connectivity index (χ1n) is 8.90. The van der Waals surface area contributed by atoms with Crippen molar-refractivity contribution in [2.75, 3.05) is 0 Å². The molecule has 2 heteroatoms. The first-order chi connectivity index (χ1) is 10.4. The van der Waals surface area contributed by atoms with Gasteiger partial charge >= 0.3 is 0 Å². The minimum atomic E-state index is -1.54. The lowest BCUT2D eigenvalue weighted by Gasteiger charge is -2.23. The first-order valence-corrected chi connectivity index (χ1v) is 15.9. The third-order valence-corrected chi connectivity index (χ3v) is 5.84. The zero-order valence-corrected chi connectivity index (χ0v) is 20.2. The van der Waals surface area contributed by atoms with Crippen LogP contribution in [0.1, 0.15) is 41.5 Å². The van der Waals surface area contributed by atoms with E-state index < -0.39 is 16.1 Å². The van der Waals surface area contributed by atoms with Crippen LogP contribution in [0, 0.1) is 34.1 Å². The molecule has 0 aliphatic rings. The van der Waals surface area contributed by atoms with Crippen LogP contribution in [-0.4, -0.2) is 16.1 Å². The van der Waals surface area contributed by atoms with Crippen molar-refractivity contribution in [1.82, 2.24) is 0 Å². The largest absolute Gasteiger partial charge is 0.129 e. The molecule has 0 heterocycles. The minimum Gasteiger partial charge on any atom is -0.127 e. The Morgan fingerprint density at radius 3 is 1.67 bits per heavy atom. The lowest BCUT2D eigenvalue weighted by molar-refractivity contribution is 0.542. The molecule has 0 nitrogen and oxygen atoms in total. The molecule has 0 saturated carbocycles. The lowest BCUT2D eigenvalue weighted by Crippen LogP contribution is -2.26. The molecule has 0 atom stereocenters. The number of hydrogen-bond acceptors (Lipinski definition) is 0. The van der Waals surface area contributed by atoms with E-state index in [1.807, 2.05) is 0 Å². The molecule has 0 saturated heterocycles. The summed E-state index contributed by atoms with van der Waals surface area (Å²) in [6.07, 6.45) is 4.49. The van der Waals surface area contributed by atoms with E-state index in [0.717, 1.165) is 0 Å². The summed E-state index contributed by atoms with van der Waals surface area (Å²) in [4.78, 5) is 0. The van der Waals surface area contributed by atoms with Crippen molar-refractivity contribution in [3.8, 4) is 23.3 Å². The summed E-state index contributed by atoms with van der Waals surface area (Å²) in [6, 6.07) is 0. The maximum atomic E-state index is 3.49. The molecule has 0 fully saturated rings. The van der Waals surface area contributed by atoms with Crippen molar-refractivity contribution >= 4 is 16.1 Å². The van der Waals surface area contributed by atoms with E-state index in [0.29, 0.717) is 0 Å². The predicted molar refractivity (Wildman–Crippen MR) is 117 cm³/mol. The van der Waals surface area contributed by atoms with Crippen LogP contribution in [0.2, 0.25) is 39.3 Å². The average molecular weight is 359 g/mol. The standard InChI is InChI=1S/C22H38Si2/c1-21(2,3)16-15-19(18-22(4,5)6)20(24(10,11)12)14-13-17-23(7,8)9/h14,18H,1-12H3. The Labute approximate surface area is 154 Å². The van der Waals surface area contributed by atoms with Gasteiger partial charge in [0.15, 0.2) is 0 Å². The zero-order chi connectivity index (χ0) is 19.4. The van der Waals surface area contributed by atoms with Gasteiger partial charge in [0, 0.05) is 11.0 Å². The Morgan fingerprint density at radius 1 is 0.833 bits per heavy atom. The second kappa shape index (κ2) is 7.94. The molecule has 0 amide bonds. The highest BCUT2D eigenvalue weighted by Crippen LogP contribution is 2.27. The summed E-state index contributed by atoms with van der Waals surface area (Å²) in [5.74, 6) is 10.3. The summed E-state index contributed by atoms with van der Waals surface area (Å²) >= 11 is 0. The summed E-state index contributed by atoms with van der Waals surface area (Å²) in [5.41, 5.74) is 4.77. The van der Waals surface area contributed by atoms with E-state index in [1.54, 1.807) is 0 Å². The summed E-state index contributed by atoms with van der Waals surface area (Å²) in [5, 5.41) is 1.37. The Balaban J connectivity index is 6.31. The van der Waals surface area contributed by atoms with Crippen LogP contribution in [0.25, 0.3) is 0 Å². The summed E-state index contributed by atoms with van der Waals surface area (Å²) in [6.45, 7) is 27.2. The van der Waals surface area contributed by atoms with Crippen LogP contribution in [0.15, 0.2) is 22.9 Å². The maximum absolute atomic E-state index is 3.49. The molecule has 0 bridgehead atoms. The molecular formula is C22H38Si2. The fraction of sp³-hybridized carbons (Fsp3) is 0.636. The molecule has 0 aromatic rings. The molecule has 24 heavy (non-hydrogen) atoms. The number of rotatable bonds is 2. The molecule has 0 unspecified atom stereocenters. The normalized spacial score (nSPS) is 14.5. The van der Waals surface area contributed by atoms with E-state index in [-0.39, 0.29) is 10.8 Å². The van der Waals surface area contributed by atoms with Crippen molar-refractivity contribution in [3.05, 3.63) is 22.9 Å². The molecule has 0 aliphatic carbocycles. The third-order valence-electron chi connectivity index (χ3n) is 2.91. The number of hydrogen-bond donors (Lipinski definition) is 0. The Bertz CT molecular complexity index is 611. The van der Waals surface area contributed by atoms with Crippen LogP contribution in [0.3, 0.4) is 0 Å². The second-order valence-corrected chi connectivity index (χ2v) is 20.5. The van der Waals surface area contributed by atoms with Crippen LogP contribution in [0.5, 0.6) is 0 Å². The molecule has 0 aromatic carbocycles. The fourth-order valence-corrected chi connectivity index (χ4v) is 3.85. The topological polar surface area (TPSA) is 0 Å². The molecule has 0 spiro atoms. The number of allylic oxidation sites excluding steroid dienone is 4. The van der Waals surface area contributed by atoms with Gasteiger partial charge in [-0.3, -0.25) is 0 Å². The van der Waals surface area contributed by atoms with E-state index in [2.05, 4.69) is 116 Å². The Kier molecular flexibility index (Phi) is 7.62. The van der Waals surface area contributed by atoms with Crippen molar-refractivity contribution in [3.63, 3.8) is 0 Å². The molecule has 134 valence electrons. The summed E-state index contributed by atoms with van der Waals surface area (Å²) in [7, 11) is -2.90. The predicted octanol–water partition coefficient (Wildman–Crippen LogP) is 6.69. The highest BCUT2D eigenvalue weighted by molar-refractivity contribution is 6.84. The van der Waals surface area contributed by atoms with Gasteiger partial charge < -0.3 is 0 Å². The molecule has 0 aromatic heterocycles. The van der Waals surface area contributed by atoms with Gasteiger partial charge in [0.2, 0.25) is 0 Å². The van der Waals surface area contributed by atoms with Crippen LogP contribution >= 0.6 is 0 Å². The molecular weight excluding hydrogens is 320 g/mol. The van der Waals surface area contributed by atoms with Crippen LogP contribution in [0.4, 0.5) is 0 Å². The quantitative estimate of drug-likeness (QED) is 0.293. The van der Waals surface area contributed by atoms with Crippen molar-refractivity contribution < 1.29 is 0 Å². The van der Waals surface area contributed by atoms with Crippen LogP contribution < -0.4 is 0 Å². The minimum absolute atomic E-state index is 0.00548. The van der Waals surface area contributed by atoms with E-state index in [4.69, 9.17) is 0 Å². The SMILES string of the molecule is CC(C)(C)C#CC(=CC(C)(C)C)C(=CC#C[Si](C)(C)C)[Si](C)(C)C. The molecule has 0 radical (unpaired) electrons. The lowest BCUT2D eigenvalue weighted by atomic mass is 9.92. The first kappa shape index (κ1) is 23.0. The van der Waals surface area contributed by atoms with Gasteiger partial charge in [0.05, 0.1) is 8.07 Å². The summed E-state index contributed by atoms with van der Waals surface area (Å²) < 4.78 is 0. The van der Waals surface area contributed by atoms with Gasteiger partial charge in [-0.25, -0.2) is 0 Å². The fourth-order valence-electron chi connectivity index (χ4n) is 1.89. The maximum Gasteiger partial charge on any atom is 0.129 e. The zero-order valence-electron chi connectivity index (χ0n) is 18.2. The van der Waals surface area contributed by atoms with Gasteiger partial charge in [-0.1, -0.05) is 83.9 Å². The highest BCUT2D eigenvalue weighted by atomic mass is 28.3. The second-order valence-electron chi connectivity index (χ2n) is 10.8. The molecule has 0 N–H and O–H groups in total. The van der Waals surface area contributed by atoms with E-state index in [1.165, 1.54) is 10.8 Å². The van der Waals surface area contributed by atoms with Crippen molar-refractivity contribution in [2.45, 2.75) is 80.8 Å². The van der Waals surface area contributed by atoms with E-state index >= 15 is 0 Å². The van der Waals surface area contributed by atoms with Gasteiger partial charge in [-0.15, -0.1) is 5.54 Å². The van der Waals surface area contributed by atoms with Gasteiger partial charge in [-0.05, 0) is 37.5 Å². The van der Waals surface area contributed by atoms with Crippen molar-refractivity contribution in [1.29, 1.82) is 0 Å². The van der Waals surface area contributed by atoms with Gasteiger partial charge in [0.1, 0.15) is 8.07 Å². The van der Waals surface area contributed by atoms with Crippen LogP contribution in [-0.2, 0) is 0 Å². The molecule has 0 aliphatic heterocycles. The third kappa shape index (κ3) is 11.6. The van der Waals surface area contributed by atoms with Gasteiger partial charge in [0.25, 0.3) is 0 Å². The van der Waals surface area contributed by atoms with Crippen molar-refractivity contribution in [2.24, 2.45) is 10.8 Å². The average Bonchev–Trinajstić information content (AvgIpc) is 2.25. The van der Waals surface area contributed by atoms with Gasteiger partial charge in [-0.2, -0.15) is 0 Å². The van der Waals surface area contributed by atoms with E-state index in [9.17, 15) is 0 Å². The Morgan fingerprint density at radius 2 is 1.33 bits per heavy atom. The molecule has 0 rings (SSSR count). The monoisotopic (exact) mass is 358 g/mol. The Hall–Kier alpha value is -0.966. The highest BCUT2D eigenvalue weighted by Gasteiger charge is 2.24. The smallest absolute Gasteiger partial charge is 0.127 e.